The Morgan fingerprint density at radius 2 is 1.45 bits per heavy atom. The molecular weight excluding hydrogens is 568 g/mol. The largest absolute Gasteiger partial charge is 0.508 e. The first-order valence-electron chi connectivity index (χ1n) is 13.8. The van der Waals surface area contributed by atoms with Gasteiger partial charge in [0, 0.05) is 12.5 Å². The van der Waals surface area contributed by atoms with Gasteiger partial charge in [-0.15, -0.1) is 0 Å². The van der Waals surface area contributed by atoms with Crippen LogP contribution in [-0.2, 0) is 35.1 Å². The number of carbonyl (C=O) groups is 5. The molecule has 0 saturated heterocycles. The average Bonchev–Trinajstić information content (AvgIpc) is 2.89. The lowest BCUT2D eigenvalue weighted by Crippen LogP contribution is -2.54. The highest BCUT2D eigenvalue weighted by Gasteiger charge is 2.38. The number of amides is 4. The van der Waals surface area contributed by atoms with Crippen LogP contribution in [0.15, 0.2) is 54.6 Å². The molecule has 3 atom stereocenters. The minimum absolute atomic E-state index is 0.0539. The fraction of sp³-hybridized carbons (Fsp3) is 0.406. The predicted molar refractivity (Wildman–Crippen MR) is 161 cm³/mol. The average molecular weight is 609 g/mol. The molecule has 5 N–H and O–H groups in total. The number of nitrogens with two attached hydrogens (primary N) is 1. The molecule has 0 heterocycles. The van der Waals surface area contributed by atoms with Crippen LogP contribution in [-0.4, -0.2) is 63.1 Å². The molecule has 0 fully saturated rings. The van der Waals surface area contributed by atoms with Crippen LogP contribution in [0, 0.1) is 12.5 Å². The van der Waals surface area contributed by atoms with Crippen molar-refractivity contribution < 1.29 is 38.6 Å². The molecule has 0 spiro atoms. The Morgan fingerprint density at radius 3 is 1.95 bits per heavy atom. The molecule has 0 aromatic heterocycles. The Balaban J connectivity index is 2.53. The summed E-state index contributed by atoms with van der Waals surface area (Å²) in [6.45, 7) is 9.86. The lowest BCUT2D eigenvalue weighted by Gasteiger charge is -2.31. The minimum atomic E-state index is -1.60. The van der Waals surface area contributed by atoms with Crippen LogP contribution in [0.1, 0.15) is 65.1 Å². The first kappa shape index (κ1) is 35.1. The fourth-order valence-corrected chi connectivity index (χ4v) is 4.03. The van der Waals surface area contributed by atoms with E-state index >= 15 is 0 Å². The minimum Gasteiger partial charge on any atom is -0.508 e. The summed E-state index contributed by atoms with van der Waals surface area (Å²) in [6.07, 6.45) is 4.13. The van der Waals surface area contributed by atoms with Crippen LogP contribution < -0.4 is 16.4 Å². The van der Waals surface area contributed by atoms with Crippen molar-refractivity contribution in [3.05, 3.63) is 65.7 Å². The topological polar surface area (TPSA) is 177 Å². The maximum absolute atomic E-state index is 14.0. The molecule has 2 aromatic rings. The molecule has 0 aliphatic carbocycles. The highest BCUT2D eigenvalue weighted by atomic mass is 16.6. The standard InChI is InChI=1S/C32H40N4O8/c1-8-36(28(40)23(19-25(33)38)35-30(42)44-32(5,6)7)26(21-14-16-22(37)17-15-21)27(39)34-24(29(41)43-31(2,3)4)18-20-12-10-9-11-13-20/h1,9-17,23-24,26,37H,18-19H2,2-7H3,(H2,33,38)(H,34,39)(H,35,42). The number of hydrogen-bond donors (Lipinski definition) is 4. The first-order valence-corrected chi connectivity index (χ1v) is 13.8. The van der Waals surface area contributed by atoms with E-state index in [1.807, 2.05) is 0 Å². The molecule has 0 aliphatic rings. The van der Waals surface area contributed by atoms with E-state index in [0.29, 0.717) is 4.90 Å². The number of alkyl carbamates (subject to hydrolysis) is 1. The van der Waals surface area contributed by atoms with E-state index in [1.54, 1.807) is 71.9 Å². The first-order chi connectivity index (χ1) is 20.4. The zero-order valence-corrected chi connectivity index (χ0v) is 25.7. The van der Waals surface area contributed by atoms with Gasteiger partial charge in [-0.1, -0.05) is 48.9 Å². The molecule has 12 heteroatoms. The number of nitrogens with one attached hydrogen (secondary N) is 2. The monoisotopic (exact) mass is 608 g/mol. The van der Waals surface area contributed by atoms with Crippen molar-refractivity contribution in [3.63, 3.8) is 0 Å². The maximum atomic E-state index is 14.0. The Morgan fingerprint density at radius 1 is 0.886 bits per heavy atom. The number of phenols is 1. The van der Waals surface area contributed by atoms with Gasteiger partial charge in [-0.3, -0.25) is 19.3 Å². The fourth-order valence-electron chi connectivity index (χ4n) is 4.03. The van der Waals surface area contributed by atoms with Gasteiger partial charge in [-0.2, -0.15) is 0 Å². The van der Waals surface area contributed by atoms with E-state index in [4.69, 9.17) is 21.6 Å². The smallest absolute Gasteiger partial charge is 0.408 e. The van der Waals surface area contributed by atoms with Crippen molar-refractivity contribution in [2.45, 2.75) is 83.7 Å². The van der Waals surface area contributed by atoms with E-state index in [1.165, 1.54) is 24.3 Å². The van der Waals surface area contributed by atoms with Gasteiger partial charge < -0.3 is 30.9 Å². The van der Waals surface area contributed by atoms with Gasteiger partial charge >= 0.3 is 12.1 Å². The van der Waals surface area contributed by atoms with Gasteiger partial charge in [-0.05, 0) is 64.8 Å². The summed E-state index contributed by atoms with van der Waals surface area (Å²) in [6, 6.07) is 12.0. The normalized spacial score (nSPS) is 13.3. The third-order valence-corrected chi connectivity index (χ3v) is 5.78. The molecule has 236 valence electrons. The Kier molecular flexibility index (Phi) is 11.9. The molecule has 0 aliphatic heterocycles. The van der Waals surface area contributed by atoms with Gasteiger partial charge in [0.15, 0.2) is 0 Å². The molecule has 0 saturated carbocycles. The summed E-state index contributed by atoms with van der Waals surface area (Å²) in [7, 11) is 0. The van der Waals surface area contributed by atoms with E-state index < -0.39 is 65.5 Å². The lowest BCUT2D eigenvalue weighted by molar-refractivity contribution is -0.159. The number of benzene rings is 2. The SMILES string of the molecule is C#CN(C(=O)C(CC(N)=O)NC(=O)OC(C)(C)C)C(C(=O)NC(Cc1ccccc1)C(=O)OC(C)(C)C)c1ccc(O)cc1. The number of terminal acetylenes is 1. The Labute approximate surface area is 257 Å². The van der Waals surface area contributed by atoms with Crippen LogP contribution in [0.4, 0.5) is 4.79 Å². The van der Waals surface area contributed by atoms with E-state index in [-0.39, 0.29) is 17.7 Å². The molecule has 3 unspecified atom stereocenters. The third kappa shape index (κ3) is 11.3. The highest BCUT2D eigenvalue weighted by molar-refractivity contribution is 5.96. The summed E-state index contributed by atoms with van der Waals surface area (Å²) >= 11 is 0. The van der Waals surface area contributed by atoms with Gasteiger partial charge in [0.1, 0.15) is 35.1 Å². The highest BCUT2D eigenvalue weighted by Crippen LogP contribution is 2.25. The summed E-state index contributed by atoms with van der Waals surface area (Å²) in [5.74, 6) is -3.68. The molecule has 2 aromatic carbocycles. The van der Waals surface area contributed by atoms with Gasteiger partial charge in [-0.25, -0.2) is 9.59 Å². The molecule has 12 nitrogen and oxygen atoms in total. The van der Waals surface area contributed by atoms with Crippen molar-refractivity contribution in [2.24, 2.45) is 5.73 Å². The molecule has 0 radical (unpaired) electrons. The number of carbonyl (C=O) groups excluding carboxylic acids is 5. The van der Waals surface area contributed by atoms with Crippen LogP contribution >= 0.6 is 0 Å². The van der Waals surface area contributed by atoms with Gasteiger partial charge in [0.05, 0.1) is 6.42 Å². The number of ether oxygens (including phenoxy) is 2. The van der Waals surface area contributed by atoms with Crippen molar-refractivity contribution in [2.75, 3.05) is 0 Å². The third-order valence-electron chi connectivity index (χ3n) is 5.78. The zero-order valence-electron chi connectivity index (χ0n) is 25.7. The van der Waals surface area contributed by atoms with Crippen LogP contribution in [0.25, 0.3) is 0 Å². The number of rotatable bonds is 11. The van der Waals surface area contributed by atoms with Crippen molar-refractivity contribution >= 4 is 29.8 Å². The van der Waals surface area contributed by atoms with Crippen LogP contribution in [0.5, 0.6) is 5.75 Å². The number of aromatic hydroxyl groups is 1. The van der Waals surface area contributed by atoms with E-state index in [2.05, 4.69) is 16.7 Å². The van der Waals surface area contributed by atoms with Gasteiger partial charge in [0.25, 0.3) is 5.91 Å². The summed E-state index contributed by atoms with van der Waals surface area (Å²) in [5, 5.41) is 14.8. The second-order valence-corrected chi connectivity index (χ2v) is 12.0. The molecule has 2 rings (SSSR count). The van der Waals surface area contributed by atoms with Crippen LogP contribution in [0.2, 0.25) is 0 Å². The van der Waals surface area contributed by atoms with Gasteiger partial charge in [0.2, 0.25) is 11.8 Å². The van der Waals surface area contributed by atoms with Crippen molar-refractivity contribution in [1.82, 2.24) is 15.5 Å². The van der Waals surface area contributed by atoms with Crippen molar-refractivity contribution in [3.8, 4) is 18.2 Å². The molecule has 0 bridgehead atoms. The second kappa shape index (κ2) is 14.9. The number of hydrogen-bond acceptors (Lipinski definition) is 8. The number of phenolic OH excluding ortho intramolecular Hbond substituents is 1. The summed E-state index contributed by atoms with van der Waals surface area (Å²) in [4.78, 5) is 66.1. The Hall–Kier alpha value is -5.05. The number of nitrogens with zero attached hydrogens (tertiary/aromatic N) is 1. The van der Waals surface area contributed by atoms with Crippen molar-refractivity contribution in [1.29, 1.82) is 0 Å². The lowest BCUT2D eigenvalue weighted by atomic mass is 10.0. The van der Waals surface area contributed by atoms with E-state index in [0.717, 1.165) is 5.56 Å². The predicted octanol–water partition coefficient (Wildman–Crippen LogP) is 2.69. The maximum Gasteiger partial charge on any atom is 0.408 e. The quantitative estimate of drug-likeness (QED) is 0.171. The summed E-state index contributed by atoms with van der Waals surface area (Å²) < 4.78 is 10.8. The molecule has 4 amide bonds. The summed E-state index contributed by atoms with van der Waals surface area (Å²) in [5.41, 5.74) is 4.43. The number of esters is 1. The van der Waals surface area contributed by atoms with Crippen LogP contribution in [0.3, 0.4) is 0 Å². The Bertz CT molecular complexity index is 1370. The van der Waals surface area contributed by atoms with E-state index in [9.17, 15) is 29.1 Å². The molecular formula is C32H40N4O8. The number of primary amides is 1. The molecule has 44 heavy (non-hydrogen) atoms. The second-order valence-electron chi connectivity index (χ2n) is 12.0. The zero-order chi connectivity index (χ0) is 33.2.